The molecule has 0 saturated carbocycles. The van der Waals surface area contributed by atoms with Crippen molar-refractivity contribution in [2.75, 3.05) is 45.3 Å². The van der Waals surface area contributed by atoms with Crippen molar-refractivity contribution in [3.8, 4) is 5.75 Å². The van der Waals surface area contributed by atoms with Crippen molar-refractivity contribution in [1.29, 1.82) is 0 Å². The van der Waals surface area contributed by atoms with E-state index in [0.717, 1.165) is 50.6 Å². The standard InChI is InChI=1S/C19H32N4O2.HI/c1-4-15(5-2)18(23-10-12-25-13-11-23)14-21-19(20)22-16-6-8-17(24-3)9-7-16;/h6-9,15,18H,4-5,10-14H2,1-3H3,(H3,20,21,22);1H. The number of morpholine rings is 1. The molecule has 0 bridgehead atoms. The minimum Gasteiger partial charge on any atom is -0.497 e. The van der Waals surface area contributed by atoms with E-state index in [1.165, 1.54) is 0 Å². The molecule has 1 heterocycles. The Hall–Kier alpha value is -1.06. The number of nitrogens with two attached hydrogens (primary N) is 1. The summed E-state index contributed by atoms with van der Waals surface area (Å²) >= 11 is 0. The van der Waals surface area contributed by atoms with Crippen molar-refractivity contribution in [2.45, 2.75) is 32.7 Å². The number of hydrogen-bond acceptors (Lipinski definition) is 4. The van der Waals surface area contributed by atoms with Gasteiger partial charge in [0.2, 0.25) is 0 Å². The summed E-state index contributed by atoms with van der Waals surface area (Å²) in [5, 5.41) is 3.16. The van der Waals surface area contributed by atoms with Gasteiger partial charge in [0.15, 0.2) is 5.96 Å². The van der Waals surface area contributed by atoms with E-state index in [0.29, 0.717) is 24.5 Å². The Morgan fingerprint density at radius 2 is 1.85 bits per heavy atom. The molecule has 26 heavy (non-hydrogen) atoms. The predicted octanol–water partition coefficient (Wildman–Crippen LogP) is 3.18. The van der Waals surface area contributed by atoms with Crippen LogP contribution in [0, 0.1) is 5.92 Å². The fourth-order valence-corrected chi connectivity index (χ4v) is 3.36. The first-order chi connectivity index (χ1) is 12.2. The van der Waals surface area contributed by atoms with Crippen molar-refractivity contribution >= 4 is 35.6 Å². The number of aliphatic imine (C=N–C) groups is 1. The molecule has 1 atom stereocenters. The second-order valence-electron chi connectivity index (χ2n) is 6.37. The zero-order valence-electron chi connectivity index (χ0n) is 16.1. The van der Waals surface area contributed by atoms with E-state index < -0.39 is 0 Å². The molecular weight excluding hydrogens is 443 g/mol. The average molecular weight is 476 g/mol. The monoisotopic (exact) mass is 476 g/mol. The summed E-state index contributed by atoms with van der Waals surface area (Å²) in [7, 11) is 1.65. The molecule has 1 unspecified atom stereocenters. The van der Waals surface area contributed by atoms with Gasteiger partial charge in [-0.1, -0.05) is 26.7 Å². The Bertz CT molecular complexity index is 529. The molecule has 7 heteroatoms. The van der Waals surface area contributed by atoms with Crippen LogP contribution in [0.3, 0.4) is 0 Å². The van der Waals surface area contributed by atoms with E-state index in [4.69, 9.17) is 15.2 Å². The lowest BCUT2D eigenvalue weighted by Crippen LogP contribution is -2.48. The number of nitrogens with zero attached hydrogens (tertiary/aromatic N) is 2. The van der Waals surface area contributed by atoms with Crippen LogP contribution in [0.1, 0.15) is 26.7 Å². The van der Waals surface area contributed by atoms with Gasteiger partial charge in [-0.05, 0) is 30.2 Å². The van der Waals surface area contributed by atoms with Crippen LogP contribution in [0.25, 0.3) is 0 Å². The third-order valence-electron chi connectivity index (χ3n) is 4.92. The smallest absolute Gasteiger partial charge is 0.193 e. The third kappa shape index (κ3) is 6.92. The summed E-state index contributed by atoms with van der Waals surface area (Å²) in [6.45, 7) is 8.78. The highest BCUT2D eigenvalue weighted by Gasteiger charge is 2.26. The Kier molecular flexibility index (Phi) is 10.9. The van der Waals surface area contributed by atoms with Crippen LogP contribution >= 0.6 is 24.0 Å². The van der Waals surface area contributed by atoms with Crippen LogP contribution in [-0.2, 0) is 4.74 Å². The number of methoxy groups -OCH3 is 1. The average Bonchev–Trinajstić information content (AvgIpc) is 2.66. The number of hydrogen-bond donors (Lipinski definition) is 2. The summed E-state index contributed by atoms with van der Waals surface area (Å²) in [5.41, 5.74) is 7.01. The van der Waals surface area contributed by atoms with E-state index in [1.54, 1.807) is 7.11 Å². The highest BCUT2D eigenvalue weighted by Crippen LogP contribution is 2.20. The Labute approximate surface area is 174 Å². The van der Waals surface area contributed by atoms with Crippen LogP contribution in [0.15, 0.2) is 29.3 Å². The SMILES string of the molecule is CCC(CC)C(CN=C(N)Nc1ccc(OC)cc1)N1CCOCC1.I. The maximum Gasteiger partial charge on any atom is 0.193 e. The summed E-state index contributed by atoms with van der Waals surface area (Å²) in [6.07, 6.45) is 2.31. The molecule has 1 aliphatic rings. The molecule has 0 amide bonds. The second-order valence-corrected chi connectivity index (χ2v) is 6.37. The predicted molar refractivity (Wildman–Crippen MR) is 119 cm³/mol. The van der Waals surface area contributed by atoms with E-state index in [1.807, 2.05) is 24.3 Å². The van der Waals surface area contributed by atoms with Gasteiger partial charge in [-0.3, -0.25) is 9.89 Å². The van der Waals surface area contributed by atoms with Gasteiger partial charge in [-0.15, -0.1) is 24.0 Å². The lowest BCUT2D eigenvalue weighted by atomic mass is 9.92. The van der Waals surface area contributed by atoms with Crippen LogP contribution in [0.2, 0.25) is 0 Å². The molecule has 0 radical (unpaired) electrons. The van der Waals surface area contributed by atoms with Crippen LogP contribution < -0.4 is 15.8 Å². The van der Waals surface area contributed by atoms with Crippen molar-refractivity contribution in [3.05, 3.63) is 24.3 Å². The number of guanidine groups is 1. The van der Waals surface area contributed by atoms with E-state index in [9.17, 15) is 0 Å². The quantitative estimate of drug-likeness (QED) is 0.343. The number of benzene rings is 1. The first-order valence-electron chi connectivity index (χ1n) is 9.20. The summed E-state index contributed by atoms with van der Waals surface area (Å²) in [4.78, 5) is 7.13. The van der Waals surface area contributed by atoms with Gasteiger partial charge in [-0.25, -0.2) is 0 Å². The van der Waals surface area contributed by atoms with Crippen LogP contribution in [0.4, 0.5) is 5.69 Å². The molecule has 0 aromatic heterocycles. The third-order valence-corrected chi connectivity index (χ3v) is 4.92. The molecule has 1 fully saturated rings. The topological polar surface area (TPSA) is 72.1 Å². The molecule has 2 rings (SSSR count). The number of rotatable bonds is 8. The van der Waals surface area contributed by atoms with Crippen LogP contribution in [-0.4, -0.2) is 56.9 Å². The van der Waals surface area contributed by atoms with E-state index >= 15 is 0 Å². The van der Waals surface area contributed by atoms with Gasteiger partial charge < -0.3 is 20.5 Å². The number of nitrogens with one attached hydrogen (secondary N) is 1. The number of halogens is 1. The maximum absolute atomic E-state index is 6.10. The van der Waals surface area contributed by atoms with E-state index in [2.05, 4.69) is 29.1 Å². The lowest BCUT2D eigenvalue weighted by Gasteiger charge is -2.38. The van der Waals surface area contributed by atoms with Crippen molar-refractivity contribution in [1.82, 2.24) is 4.90 Å². The Morgan fingerprint density at radius 1 is 1.23 bits per heavy atom. The first kappa shape index (κ1) is 23.0. The van der Waals surface area contributed by atoms with Crippen LogP contribution in [0.5, 0.6) is 5.75 Å². The number of anilines is 1. The summed E-state index contributed by atoms with van der Waals surface area (Å²) in [5.74, 6) is 1.90. The Balaban J connectivity index is 0.00000338. The normalized spacial score (nSPS) is 16.8. The molecule has 0 spiro atoms. The summed E-state index contributed by atoms with van der Waals surface area (Å²) in [6, 6.07) is 8.07. The van der Waals surface area contributed by atoms with Gasteiger partial charge >= 0.3 is 0 Å². The molecule has 1 aromatic rings. The fourth-order valence-electron chi connectivity index (χ4n) is 3.36. The van der Waals surface area contributed by atoms with Gasteiger partial charge in [0.1, 0.15) is 5.75 Å². The molecule has 148 valence electrons. The zero-order valence-corrected chi connectivity index (χ0v) is 18.4. The van der Waals surface area contributed by atoms with Crippen molar-refractivity contribution in [2.24, 2.45) is 16.6 Å². The molecule has 6 nitrogen and oxygen atoms in total. The molecular formula is C19H33IN4O2. The van der Waals surface area contributed by atoms with Gasteiger partial charge in [0.05, 0.1) is 26.9 Å². The molecule has 0 aliphatic carbocycles. The second kappa shape index (κ2) is 12.3. The zero-order chi connectivity index (χ0) is 18.1. The van der Waals surface area contributed by atoms with Gasteiger partial charge in [0, 0.05) is 24.8 Å². The lowest BCUT2D eigenvalue weighted by molar-refractivity contribution is 0.00398. The minimum atomic E-state index is 0. The molecule has 3 N–H and O–H groups in total. The largest absolute Gasteiger partial charge is 0.497 e. The molecule has 1 saturated heterocycles. The minimum absolute atomic E-state index is 0. The maximum atomic E-state index is 6.10. The van der Waals surface area contributed by atoms with Crippen molar-refractivity contribution < 1.29 is 9.47 Å². The van der Waals surface area contributed by atoms with E-state index in [-0.39, 0.29) is 24.0 Å². The van der Waals surface area contributed by atoms with Gasteiger partial charge in [0.25, 0.3) is 0 Å². The highest BCUT2D eigenvalue weighted by molar-refractivity contribution is 14.0. The van der Waals surface area contributed by atoms with Crippen molar-refractivity contribution in [3.63, 3.8) is 0 Å². The molecule has 1 aromatic carbocycles. The number of ether oxygens (including phenoxy) is 2. The Morgan fingerprint density at radius 3 is 2.38 bits per heavy atom. The molecule has 1 aliphatic heterocycles. The highest BCUT2D eigenvalue weighted by atomic mass is 127. The summed E-state index contributed by atoms with van der Waals surface area (Å²) < 4.78 is 10.7. The first-order valence-corrected chi connectivity index (χ1v) is 9.20. The van der Waals surface area contributed by atoms with Gasteiger partial charge in [-0.2, -0.15) is 0 Å². The fraction of sp³-hybridized carbons (Fsp3) is 0.632.